The van der Waals surface area contributed by atoms with E-state index < -0.39 is 0 Å². The zero-order valence-electron chi connectivity index (χ0n) is 13.3. The average Bonchev–Trinajstić information content (AvgIpc) is 2.75. The molecule has 1 fully saturated rings. The fourth-order valence-electron chi connectivity index (χ4n) is 3.30. The van der Waals surface area contributed by atoms with Crippen LogP contribution in [0.2, 0.25) is 5.02 Å². The number of carbonyl (C=O) groups excluding carboxylic acids is 1. The van der Waals surface area contributed by atoms with E-state index >= 15 is 0 Å². The number of esters is 1. The number of benzene rings is 1. The van der Waals surface area contributed by atoms with Crippen molar-refractivity contribution in [2.24, 2.45) is 5.92 Å². The Morgan fingerprint density at radius 2 is 2.04 bits per heavy atom. The van der Waals surface area contributed by atoms with Gasteiger partial charge >= 0.3 is 5.97 Å². The fourth-order valence-corrected chi connectivity index (χ4v) is 4.70. The standard InChI is InChI=1S/C18H22ClNO2S/c1-2-22-18(21)17-16(12-7-9-14(19)10-8-12)20-15-6-4-3-5-13(15)11-23-17/h7-10,13,15,20H,2-6,11H2,1H3/t13-,15+/m0/s1. The number of nitrogens with one attached hydrogen (secondary N) is 1. The van der Waals surface area contributed by atoms with Crippen molar-refractivity contribution >= 4 is 35.0 Å². The van der Waals surface area contributed by atoms with Crippen LogP contribution in [0.5, 0.6) is 0 Å². The van der Waals surface area contributed by atoms with Crippen LogP contribution < -0.4 is 5.32 Å². The lowest BCUT2D eigenvalue weighted by atomic mass is 9.85. The van der Waals surface area contributed by atoms with Crippen LogP contribution in [0.25, 0.3) is 5.70 Å². The van der Waals surface area contributed by atoms with E-state index in [2.05, 4.69) is 5.32 Å². The monoisotopic (exact) mass is 351 g/mol. The molecule has 124 valence electrons. The molecule has 0 aromatic heterocycles. The van der Waals surface area contributed by atoms with Gasteiger partial charge in [0, 0.05) is 16.8 Å². The summed E-state index contributed by atoms with van der Waals surface area (Å²) in [7, 11) is 0. The van der Waals surface area contributed by atoms with Crippen LogP contribution in [-0.4, -0.2) is 24.4 Å². The van der Waals surface area contributed by atoms with Crippen molar-refractivity contribution in [1.82, 2.24) is 5.32 Å². The maximum Gasteiger partial charge on any atom is 0.346 e. The molecule has 23 heavy (non-hydrogen) atoms. The first kappa shape index (κ1) is 16.7. The summed E-state index contributed by atoms with van der Waals surface area (Å²) in [4.78, 5) is 13.1. The van der Waals surface area contributed by atoms with Gasteiger partial charge in [-0.2, -0.15) is 0 Å². The van der Waals surface area contributed by atoms with Crippen LogP contribution >= 0.6 is 23.4 Å². The van der Waals surface area contributed by atoms with E-state index in [-0.39, 0.29) is 5.97 Å². The summed E-state index contributed by atoms with van der Waals surface area (Å²) in [5.74, 6) is 1.36. The minimum Gasteiger partial charge on any atom is -0.462 e. The molecule has 0 radical (unpaired) electrons. The molecule has 1 saturated carbocycles. The lowest BCUT2D eigenvalue weighted by Crippen LogP contribution is -2.37. The highest BCUT2D eigenvalue weighted by Crippen LogP contribution is 2.38. The topological polar surface area (TPSA) is 38.3 Å². The van der Waals surface area contributed by atoms with Crippen LogP contribution in [0.4, 0.5) is 0 Å². The number of thioether (sulfide) groups is 1. The summed E-state index contributed by atoms with van der Waals surface area (Å²) in [5, 5.41) is 4.36. The summed E-state index contributed by atoms with van der Waals surface area (Å²) < 4.78 is 5.28. The molecule has 1 heterocycles. The second kappa shape index (κ2) is 7.63. The first-order chi connectivity index (χ1) is 11.2. The zero-order valence-corrected chi connectivity index (χ0v) is 14.9. The predicted octanol–water partition coefficient (Wildman–Crippen LogP) is 4.47. The van der Waals surface area contributed by atoms with Crippen molar-refractivity contribution in [2.45, 2.75) is 38.6 Å². The van der Waals surface area contributed by atoms with Crippen molar-refractivity contribution < 1.29 is 9.53 Å². The fraction of sp³-hybridized carbons (Fsp3) is 0.500. The van der Waals surface area contributed by atoms with Gasteiger partial charge in [-0.25, -0.2) is 4.79 Å². The maximum absolute atomic E-state index is 12.4. The number of rotatable bonds is 3. The van der Waals surface area contributed by atoms with Gasteiger partial charge in [-0.05, 0) is 43.4 Å². The molecule has 3 nitrogen and oxygen atoms in total. The van der Waals surface area contributed by atoms with Crippen molar-refractivity contribution in [3.8, 4) is 0 Å². The number of carbonyl (C=O) groups is 1. The number of hydrogen-bond acceptors (Lipinski definition) is 4. The summed E-state index contributed by atoms with van der Waals surface area (Å²) >= 11 is 7.64. The van der Waals surface area contributed by atoms with Crippen molar-refractivity contribution in [1.29, 1.82) is 0 Å². The van der Waals surface area contributed by atoms with Gasteiger partial charge in [0.05, 0.1) is 12.3 Å². The second-order valence-corrected chi connectivity index (χ2v) is 7.50. The molecular weight excluding hydrogens is 330 g/mol. The summed E-state index contributed by atoms with van der Waals surface area (Å²) in [6, 6.07) is 8.10. The van der Waals surface area contributed by atoms with Crippen molar-refractivity contribution in [3.05, 3.63) is 39.8 Å². The Hall–Kier alpha value is -1.13. The van der Waals surface area contributed by atoms with Gasteiger partial charge in [-0.3, -0.25) is 0 Å². The van der Waals surface area contributed by atoms with E-state index in [1.807, 2.05) is 31.2 Å². The molecule has 0 saturated heterocycles. The highest BCUT2D eigenvalue weighted by Gasteiger charge is 2.32. The Kier molecular flexibility index (Phi) is 5.54. The summed E-state index contributed by atoms with van der Waals surface area (Å²) in [5.41, 5.74) is 1.90. The molecule has 2 aliphatic rings. The van der Waals surface area contributed by atoms with Crippen LogP contribution in [-0.2, 0) is 9.53 Å². The lowest BCUT2D eigenvalue weighted by Gasteiger charge is -2.31. The Morgan fingerprint density at radius 1 is 1.30 bits per heavy atom. The van der Waals surface area contributed by atoms with Gasteiger partial charge in [0.15, 0.2) is 0 Å². The van der Waals surface area contributed by atoms with Gasteiger partial charge in [-0.1, -0.05) is 36.6 Å². The molecule has 1 aromatic carbocycles. The predicted molar refractivity (Wildman–Crippen MR) is 96.3 cm³/mol. The molecule has 1 N–H and O–H groups in total. The quantitative estimate of drug-likeness (QED) is 0.815. The average molecular weight is 352 g/mol. The van der Waals surface area contributed by atoms with Crippen LogP contribution in [0.15, 0.2) is 29.2 Å². The van der Waals surface area contributed by atoms with Crippen molar-refractivity contribution in [3.63, 3.8) is 0 Å². The first-order valence-electron chi connectivity index (χ1n) is 8.25. The largest absolute Gasteiger partial charge is 0.462 e. The first-order valence-corrected chi connectivity index (χ1v) is 9.62. The highest BCUT2D eigenvalue weighted by molar-refractivity contribution is 8.04. The minimum absolute atomic E-state index is 0.228. The van der Waals surface area contributed by atoms with E-state index in [0.29, 0.717) is 28.5 Å². The van der Waals surface area contributed by atoms with Gasteiger partial charge in [0.1, 0.15) is 4.91 Å². The molecule has 3 rings (SSSR count). The molecule has 2 atom stereocenters. The van der Waals surface area contributed by atoms with Gasteiger partial charge in [0.25, 0.3) is 0 Å². The SMILES string of the molecule is CCOC(=O)C1=C(c2ccc(Cl)cc2)N[C@@H]2CCCC[C@H]2CS1. The minimum atomic E-state index is -0.228. The molecule has 0 spiro atoms. The van der Waals surface area contributed by atoms with Crippen LogP contribution in [0.1, 0.15) is 38.2 Å². The highest BCUT2D eigenvalue weighted by atomic mass is 35.5. The van der Waals surface area contributed by atoms with E-state index in [1.54, 1.807) is 11.8 Å². The third-order valence-electron chi connectivity index (χ3n) is 4.50. The van der Waals surface area contributed by atoms with Gasteiger partial charge in [-0.15, -0.1) is 11.8 Å². The molecule has 0 amide bonds. The second-order valence-electron chi connectivity index (χ2n) is 6.04. The normalized spacial score (nSPS) is 24.4. The Labute approximate surface area is 146 Å². The van der Waals surface area contributed by atoms with Crippen molar-refractivity contribution in [2.75, 3.05) is 12.4 Å². The summed E-state index contributed by atoms with van der Waals surface area (Å²) in [6.45, 7) is 2.23. The van der Waals surface area contributed by atoms with Gasteiger partial charge in [0.2, 0.25) is 0 Å². The smallest absolute Gasteiger partial charge is 0.346 e. The van der Waals surface area contributed by atoms with E-state index in [0.717, 1.165) is 17.0 Å². The van der Waals surface area contributed by atoms with E-state index in [9.17, 15) is 4.79 Å². The summed E-state index contributed by atoms with van der Waals surface area (Å²) in [6.07, 6.45) is 4.93. The number of fused-ring (bicyclic) bond motifs is 1. The van der Waals surface area contributed by atoms with Crippen LogP contribution in [0, 0.1) is 5.92 Å². The molecule has 1 aliphatic heterocycles. The number of ether oxygens (including phenoxy) is 1. The maximum atomic E-state index is 12.4. The molecule has 1 aromatic rings. The number of hydrogen-bond donors (Lipinski definition) is 1. The third-order valence-corrected chi connectivity index (χ3v) is 6.01. The molecule has 0 bridgehead atoms. The third kappa shape index (κ3) is 3.86. The molecule has 1 aliphatic carbocycles. The van der Waals surface area contributed by atoms with E-state index in [4.69, 9.17) is 16.3 Å². The molecular formula is C18H22ClNO2S. The number of halogens is 1. The zero-order chi connectivity index (χ0) is 16.2. The lowest BCUT2D eigenvalue weighted by molar-refractivity contribution is -0.137. The Balaban J connectivity index is 1.97. The molecule has 5 heteroatoms. The van der Waals surface area contributed by atoms with E-state index in [1.165, 1.54) is 25.7 Å². The van der Waals surface area contributed by atoms with Gasteiger partial charge < -0.3 is 10.1 Å². The Bertz CT molecular complexity index is 600. The van der Waals surface area contributed by atoms with Crippen LogP contribution in [0.3, 0.4) is 0 Å². The molecule has 0 unspecified atom stereocenters. The Morgan fingerprint density at radius 3 is 2.78 bits per heavy atom.